The fraction of sp³-hybridized carbons (Fsp3) is 0.600. The number of nitrogens with two attached hydrogens (primary N) is 1. The summed E-state index contributed by atoms with van der Waals surface area (Å²) in [6.07, 6.45) is -0.0944. The van der Waals surface area contributed by atoms with E-state index in [0.717, 1.165) is 9.26 Å². The number of aryl methyl sites for hydroxylation is 1. The minimum Gasteiger partial charge on any atom is -0.383 e. The fourth-order valence-electron chi connectivity index (χ4n) is 1.41. The first-order valence-corrected chi connectivity index (χ1v) is 5.87. The van der Waals surface area contributed by atoms with Crippen LogP contribution in [-0.2, 0) is 4.74 Å². The van der Waals surface area contributed by atoms with Crippen molar-refractivity contribution in [2.45, 2.75) is 26.9 Å². The highest BCUT2D eigenvalue weighted by Crippen LogP contribution is 2.25. The van der Waals surface area contributed by atoms with Crippen molar-refractivity contribution in [3.63, 3.8) is 0 Å². The van der Waals surface area contributed by atoms with Gasteiger partial charge in [0.1, 0.15) is 11.9 Å². The minimum atomic E-state index is -0.0944. The van der Waals surface area contributed by atoms with Crippen LogP contribution in [0.5, 0.6) is 0 Å². The Hall–Kier alpha value is -0.430. The molecule has 0 bridgehead atoms. The summed E-state index contributed by atoms with van der Waals surface area (Å²) in [6.45, 7) is 6.07. The predicted octanol–water partition coefficient (Wildman–Crippen LogP) is 2.32. The van der Waals surface area contributed by atoms with E-state index in [0.29, 0.717) is 17.6 Å². The second kappa shape index (κ2) is 5.07. The van der Waals surface area contributed by atoms with Crippen LogP contribution < -0.4 is 5.73 Å². The first kappa shape index (κ1) is 12.6. The lowest BCUT2D eigenvalue weighted by molar-refractivity contribution is 0.0574. The van der Waals surface area contributed by atoms with Crippen molar-refractivity contribution >= 4 is 28.4 Å². The number of nitrogens with zero attached hydrogens (tertiary/aromatic N) is 2. The second-order valence-electron chi connectivity index (χ2n) is 3.77. The highest BCUT2D eigenvalue weighted by Gasteiger charge is 2.19. The first-order valence-electron chi connectivity index (χ1n) is 4.79. The minimum absolute atomic E-state index is 0.0944. The summed E-state index contributed by atoms with van der Waals surface area (Å²) in [7, 11) is 1.66. The monoisotopic (exact) mass is 321 g/mol. The number of anilines is 1. The van der Waals surface area contributed by atoms with Gasteiger partial charge < -0.3 is 10.5 Å². The van der Waals surface area contributed by atoms with Crippen molar-refractivity contribution in [3.8, 4) is 0 Å². The number of rotatable bonds is 3. The van der Waals surface area contributed by atoms with Crippen LogP contribution in [0.15, 0.2) is 0 Å². The van der Waals surface area contributed by atoms with Gasteiger partial charge in [0.2, 0.25) is 0 Å². The summed E-state index contributed by atoms with van der Waals surface area (Å²) < 4.78 is 6.28. The van der Waals surface area contributed by atoms with Crippen molar-refractivity contribution in [3.05, 3.63) is 15.1 Å². The van der Waals surface area contributed by atoms with Crippen LogP contribution in [0.25, 0.3) is 0 Å². The molecule has 1 atom stereocenters. The summed E-state index contributed by atoms with van der Waals surface area (Å²) in [6, 6.07) is 0. The molecule has 1 aromatic rings. The third kappa shape index (κ3) is 2.78. The molecule has 0 saturated heterocycles. The molecule has 1 rings (SSSR count). The highest BCUT2D eigenvalue weighted by molar-refractivity contribution is 14.1. The smallest absolute Gasteiger partial charge is 0.160 e. The molecule has 5 heteroatoms. The van der Waals surface area contributed by atoms with Crippen LogP contribution in [0.2, 0.25) is 0 Å². The van der Waals surface area contributed by atoms with Crippen LogP contribution in [0, 0.1) is 16.4 Å². The molecular formula is C10H16IN3O. The Kier molecular flexibility index (Phi) is 4.27. The molecule has 0 aromatic carbocycles. The maximum Gasteiger partial charge on any atom is 0.160 e. The number of aromatic nitrogens is 2. The molecule has 0 amide bonds. The zero-order valence-corrected chi connectivity index (χ0v) is 11.6. The second-order valence-corrected chi connectivity index (χ2v) is 4.85. The zero-order valence-electron chi connectivity index (χ0n) is 9.41. The molecule has 0 saturated carbocycles. The molecule has 4 nitrogen and oxygen atoms in total. The molecule has 0 radical (unpaired) electrons. The number of hydrogen-bond donors (Lipinski definition) is 1. The van der Waals surface area contributed by atoms with E-state index in [1.54, 1.807) is 7.11 Å². The van der Waals surface area contributed by atoms with Crippen molar-refractivity contribution in [1.82, 2.24) is 9.97 Å². The molecule has 15 heavy (non-hydrogen) atoms. The third-order valence-electron chi connectivity index (χ3n) is 2.17. The molecule has 0 aliphatic rings. The SMILES string of the molecule is COC(c1nc(C)c(I)c(N)n1)C(C)C. The quantitative estimate of drug-likeness (QED) is 0.868. The van der Waals surface area contributed by atoms with Gasteiger partial charge in [-0.3, -0.25) is 0 Å². The molecule has 1 heterocycles. The van der Waals surface area contributed by atoms with E-state index >= 15 is 0 Å². The lowest BCUT2D eigenvalue weighted by Gasteiger charge is -2.18. The molecule has 84 valence electrons. The number of ether oxygens (including phenoxy) is 1. The topological polar surface area (TPSA) is 61.0 Å². The van der Waals surface area contributed by atoms with Gasteiger partial charge >= 0.3 is 0 Å². The van der Waals surface area contributed by atoms with Crippen LogP contribution in [-0.4, -0.2) is 17.1 Å². The molecule has 0 spiro atoms. The van der Waals surface area contributed by atoms with E-state index in [1.165, 1.54) is 0 Å². The van der Waals surface area contributed by atoms with Crippen LogP contribution >= 0.6 is 22.6 Å². The Labute approximate surface area is 104 Å². The Morgan fingerprint density at radius 2 is 1.93 bits per heavy atom. The Morgan fingerprint density at radius 3 is 2.33 bits per heavy atom. The van der Waals surface area contributed by atoms with Crippen molar-refractivity contribution in [2.24, 2.45) is 5.92 Å². The Bertz CT molecular complexity index is 332. The van der Waals surface area contributed by atoms with Gasteiger partial charge in [-0.25, -0.2) is 9.97 Å². The van der Waals surface area contributed by atoms with E-state index in [9.17, 15) is 0 Å². The largest absolute Gasteiger partial charge is 0.383 e. The van der Waals surface area contributed by atoms with Crippen molar-refractivity contribution < 1.29 is 4.74 Å². The number of halogens is 1. The maximum absolute atomic E-state index is 5.80. The molecular weight excluding hydrogens is 305 g/mol. The average molecular weight is 321 g/mol. The van der Waals surface area contributed by atoms with E-state index in [4.69, 9.17) is 10.5 Å². The molecule has 1 unspecified atom stereocenters. The zero-order chi connectivity index (χ0) is 11.6. The molecule has 2 N–H and O–H groups in total. The summed E-state index contributed by atoms with van der Waals surface area (Å²) in [5.74, 6) is 1.53. The fourth-order valence-corrected chi connectivity index (χ4v) is 1.65. The molecule has 0 aliphatic carbocycles. The number of nitrogen functional groups attached to an aromatic ring is 1. The van der Waals surface area contributed by atoms with Crippen LogP contribution in [0.3, 0.4) is 0 Å². The van der Waals surface area contributed by atoms with Gasteiger partial charge in [0.25, 0.3) is 0 Å². The molecule has 0 fully saturated rings. The number of hydrogen-bond acceptors (Lipinski definition) is 4. The molecule has 1 aromatic heterocycles. The van der Waals surface area contributed by atoms with Crippen LogP contribution in [0.4, 0.5) is 5.82 Å². The van der Waals surface area contributed by atoms with Crippen LogP contribution in [0.1, 0.15) is 31.5 Å². The van der Waals surface area contributed by atoms with Gasteiger partial charge in [0.05, 0.1) is 9.26 Å². The van der Waals surface area contributed by atoms with Crippen molar-refractivity contribution in [2.75, 3.05) is 12.8 Å². The van der Waals surface area contributed by atoms with E-state index in [2.05, 4.69) is 46.4 Å². The third-order valence-corrected chi connectivity index (χ3v) is 3.51. The number of methoxy groups -OCH3 is 1. The summed E-state index contributed by atoms with van der Waals surface area (Å²) in [5, 5.41) is 0. The predicted molar refractivity (Wildman–Crippen MR) is 68.5 cm³/mol. The summed E-state index contributed by atoms with van der Waals surface area (Å²) >= 11 is 2.15. The normalized spacial score (nSPS) is 13.2. The highest BCUT2D eigenvalue weighted by atomic mass is 127. The first-order chi connectivity index (χ1) is 6.97. The van der Waals surface area contributed by atoms with Gasteiger partial charge in [-0.2, -0.15) is 0 Å². The van der Waals surface area contributed by atoms with Gasteiger partial charge in [0.15, 0.2) is 5.82 Å². The van der Waals surface area contributed by atoms with Crippen molar-refractivity contribution in [1.29, 1.82) is 0 Å². The summed E-state index contributed by atoms with van der Waals surface area (Å²) in [5.41, 5.74) is 6.70. The van der Waals surface area contributed by atoms with E-state index < -0.39 is 0 Å². The van der Waals surface area contributed by atoms with Gasteiger partial charge in [-0.15, -0.1) is 0 Å². The van der Waals surface area contributed by atoms with Gasteiger partial charge in [-0.05, 0) is 35.4 Å². The lowest BCUT2D eigenvalue weighted by Crippen LogP contribution is -2.15. The lowest BCUT2D eigenvalue weighted by atomic mass is 10.1. The van der Waals surface area contributed by atoms with E-state index in [-0.39, 0.29) is 6.10 Å². The Morgan fingerprint density at radius 1 is 1.33 bits per heavy atom. The Balaban J connectivity index is 3.14. The van der Waals surface area contributed by atoms with Gasteiger partial charge in [-0.1, -0.05) is 13.8 Å². The standard InChI is InChI=1S/C10H16IN3O/c1-5(2)8(15-4)10-13-6(3)7(11)9(12)14-10/h5,8H,1-4H3,(H2,12,13,14). The average Bonchev–Trinajstić information content (AvgIpc) is 2.14. The molecule has 0 aliphatic heterocycles. The van der Waals surface area contributed by atoms with Gasteiger partial charge in [0, 0.05) is 7.11 Å². The summed E-state index contributed by atoms with van der Waals surface area (Å²) in [4.78, 5) is 8.66. The van der Waals surface area contributed by atoms with E-state index in [1.807, 2.05) is 6.92 Å². The maximum atomic E-state index is 5.80.